The van der Waals surface area contributed by atoms with Gasteiger partial charge in [0.1, 0.15) is 11.5 Å². The van der Waals surface area contributed by atoms with E-state index in [9.17, 15) is 4.79 Å². The Morgan fingerprint density at radius 2 is 1.83 bits per heavy atom. The molecule has 0 bridgehead atoms. The van der Waals surface area contributed by atoms with Crippen LogP contribution in [0.1, 0.15) is 17.1 Å². The largest absolute Gasteiger partial charge is 0.462 e. The maximum atomic E-state index is 12.2. The molecule has 0 spiro atoms. The first kappa shape index (κ1) is 15.6. The summed E-state index contributed by atoms with van der Waals surface area (Å²) in [4.78, 5) is 16.5. The zero-order chi connectivity index (χ0) is 16.1. The van der Waals surface area contributed by atoms with Crippen LogP contribution in [0.2, 0.25) is 0 Å². The van der Waals surface area contributed by atoms with Crippen LogP contribution in [-0.2, 0) is 11.3 Å². The van der Waals surface area contributed by atoms with Crippen LogP contribution in [-0.4, -0.2) is 41.9 Å². The average Bonchev–Trinajstić information content (AvgIpc) is 3.00. The maximum absolute atomic E-state index is 12.2. The Morgan fingerprint density at radius 3 is 2.48 bits per heavy atom. The Labute approximate surface area is 137 Å². The van der Waals surface area contributed by atoms with Gasteiger partial charge in [-0.05, 0) is 30.7 Å². The number of carbonyl (C=O) groups is 1. The standard InChI is InChI=1S/C19H22N2O2/c1-16-7-8-18(23-16)9-10-19(22)21-13-11-20(12-14-21)15-17-5-3-2-4-6-17/h2-10H,11-15H2,1H3/b10-9-. The smallest absolute Gasteiger partial charge is 0.246 e. The van der Waals surface area contributed by atoms with Crippen molar-refractivity contribution in [1.29, 1.82) is 0 Å². The zero-order valence-corrected chi connectivity index (χ0v) is 13.4. The molecule has 1 amide bonds. The summed E-state index contributed by atoms with van der Waals surface area (Å²) >= 11 is 0. The molecule has 2 heterocycles. The minimum Gasteiger partial charge on any atom is -0.462 e. The summed E-state index contributed by atoms with van der Waals surface area (Å²) < 4.78 is 5.44. The monoisotopic (exact) mass is 310 g/mol. The van der Waals surface area contributed by atoms with Crippen LogP contribution in [0.15, 0.2) is 53.0 Å². The Balaban J connectivity index is 1.48. The first-order chi connectivity index (χ1) is 11.2. The fourth-order valence-electron chi connectivity index (χ4n) is 2.77. The molecular weight excluding hydrogens is 288 g/mol. The number of carbonyl (C=O) groups excluding carboxylic acids is 1. The molecular formula is C19H22N2O2. The third-order valence-corrected chi connectivity index (χ3v) is 4.08. The van der Waals surface area contributed by atoms with Crippen molar-refractivity contribution in [3.63, 3.8) is 0 Å². The second-order valence-electron chi connectivity index (χ2n) is 5.87. The van der Waals surface area contributed by atoms with E-state index in [2.05, 4.69) is 29.2 Å². The number of nitrogens with zero attached hydrogens (tertiary/aromatic N) is 2. The van der Waals surface area contributed by atoms with E-state index in [1.165, 1.54) is 5.56 Å². The van der Waals surface area contributed by atoms with Crippen LogP contribution >= 0.6 is 0 Å². The first-order valence-corrected chi connectivity index (χ1v) is 8.00. The molecule has 0 atom stereocenters. The Bertz CT molecular complexity index is 668. The van der Waals surface area contributed by atoms with Crippen LogP contribution < -0.4 is 0 Å². The predicted octanol–water partition coefficient (Wildman–Crippen LogP) is 2.95. The van der Waals surface area contributed by atoms with Gasteiger partial charge in [0.2, 0.25) is 5.91 Å². The minimum absolute atomic E-state index is 0.0541. The topological polar surface area (TPSA) is 36.7 Å². The molecule has 1 aromatic heterocycles. The third-order valence-electron chi connectivity index (χ3n) is 4.08. The van der Waals surface area contributed by atoms with Crippen molar-refractivity contribution in [2.24, 2.45) is 0 Å². The lowest BCUT2D eigenvalue weighted by atomic mass is 10.2. The van der Waals surface area contributed by atoms with Gasteiger partial charge in [-0.1, -0.05) is 30.3 Å². The normalized spacial score (nSPS) is 16.1. The molecule has 1 fully saturated rings. The SMILES string of the molecule is Cc1ccc(/C=C\C(=O)N2CCN(Cc3ccccc3)CC2)o1. The molecule has 3 rings (SSSR count). The van der Waals surface area contributed by atoms with Crippen molar-refractivity contribution < 1.29 is 9.21 Å². The highest BCUT2D eigenvalue weighted by atomic mass is 16.3. The summed E-state index contributed by atoms with van der Waals surface area (Å²) in [5.74, 6) is 1.63. The second kappa shape index (κ2) is 7.29. The van der Waals surface area contributed by atoms with Crippen LogP contribution in [0.5, 0.6) is 0 Å². The van der Waals surface area contributed by atoms with Crippen LogP contribution in [0.4, 0.5) is 0 Å². The van der Waals surface area contributed by atoms with E-state index in [1.54, 1.807) is 12.2 Å². The molecule has 0 unspecified atom stereocenters. The molecule has 1 aliphatic heterocycles. The molecule has 0 radical (unpaired) electrons. The fourth-order valence-corrected chi connectivity index (χ4v) is 2.77. The number of amides is 1. The number of hydrogen-bond acceptors (Lipinski definition) is 3. The summed E-state index contributed by atoms with van der Waals surface area (Å²) in [5, 5.41) is 0. The zero-order valence-electron chi connectivity index (χ0n) is 13.4. The molecule has 120 valence electrons. The summed E-state index contributed by atoms with van der Waals surface area (Å²) in [6.07, 6.45) is 3.34. The molecule has 1 aliphatic rings. The molecule has 23 heavy (non-hydrogen) atoms. The van der Waals surface area contributed by atoms with Gasteiger partial charge in [-0.3, -0.25) is 9.69 Å². The minimum atomic E-state index is 0.0541. The van der Waals surface area contributed by atoms with Gasteiger partial charge in [-0.25, -0.2) is 0 Å². The van der Waals surface area contributed by atoms with Crippen molar-refractivity contribution in [2.75, 3.05) is 26.2 Å². The highest BCUT2D eigenvalue weighted by Crippen LogP contribution is 2.11. The summed E-state index contributed by atoms with van der Waals surface area (Å²) in [5.41, 5.74) is 1.32. The van der Waals surface area contributed by atoms with E-state index in [-0.39, 0.29) is 5.91 Å². The summed E-state index contributed by atoms with van der Waals surface area (Å²) in [6, 6.07) is 14.2. The molecule has 2 aromatic rings. The van der Waals surface area contributed by atoms with Gasteiger partial charge in [0.05, 0.1) is 0 Å². The van der Waals surface area contributed by atoms with Crippen molar-refractivity contribution >= 4 is 12.0 Å². The van der Waals surface area contributed by atoms with Gasteiger partial charge in [-0.15, -0.1) is 0 Å². The lowest BCUT2D eigenvalue weighted by Gasteiger charge is -2.34. The van der Waals surface area contributed by atoms with Crippen LogP contribution in [0, 0.1) is 6.92 Å². The van der Waals surface area contributed by atoms with Crippen LogP contribution in [0.25, 0.3) is 6.08 Å². The molecule has 4 nitrogen and oxygen atoms in total. The van der Waals surface area contributed by atoms with Gasteiger partial charge in [0.25, 0.3) is 0 Å². The molecule has 0 aliphatic carbocycles. The number of rotatable bonds is 4. The highest BCUT2D eigenvalue weighted by Gasteiger charge is 2.19. The number of aryl methyl sites for hydroxylation is 1. The number of hydrogen-bond donors (Lipinski definition) is 0. The van der Waals surface area contributed by atoms with Crippen molar-refractivity contribution in [3.05, 3.63) is 65.6 Å². The Kier molecular flexibility index (Phi) is 4.93. The Hall–Kier alpha value is -2.33. The highest BCUT2D eigenvalue weighted by molar-refractivity contribution is 5.91. The molecule has 0 saturated carbocycles. The van der Waals surface area contributed by atoms with Crippen molar-refractivity contribution in [1.82, 2.24) is 9.80 Å². The average molecular weight is 310 g/mol. The maximum Gasteiger partial charge on any atom is 0.246 e. The van der Waals surface area contributed by atoms with Gasteiger partial charge in [-0.2, -0.15) is 0 Å². The van der Waals surface area contributed by atoms with E-state index >= 15 is 0 Å². The van der Waals surface area contributed by atoms with Crippen molar-refractivity contribution in [2.45, 2.75) is 13.5 Å². The molecule has 4 heteroatoms. The van der Waals surface area contributed by atoms with E-state index in [0.29, 0.717) is 0 Å². The summed E-state index contributed by atoms with van der Waals surface area (Å²) in [7, 11) is 0. The van der Waals surface area contributed by atoms with Crippen LogP contribution in [0.3, 0.4) is 0 Å². The third kappa shape index (κ3) is 4.33. The van der Waals surface area contributed by atoms with E-state index in [0.717, 1.165) is 44.2 Å². The lowest BCUT2D eigenvalue weighted by Crippen LogP contribution is -2.47. The van der Waals surface area contributed by atoms with Gasteiger partial charge >= 0.3 is 0 Å². The van der Waals surface area contributed by atoms with Crippen molar-refractivity contribution in [3.8, 4) is 0 Å². The molecule has 1 saturated heterocycles. The second-order valence-corrected chi connectivity index (χ2v) is 5.87. The Morgan fingerprint density at radius 1 is 1.09 bits per heavy atom. The van der Waals surface area contributed by atoms with E-state index in [4.69, 9.17) is 4.42 Å². The number of benzene rings is 1. The van der Waals surface area contributed by atoms with Gasteiger partial charge < -0.3 is 9.32 Å². The van der Waals surface area contributed by atoms with Gasteiger partial charge in [0.15, 0.2) is 0 Å². The number of piperazine rings is 1. The number of furan rings is 1. The predicted molar refractivity (Wildman–Crippen MR) is 90.8 cm³/mol. The van der Waals surface area contributed by atoms with E-state index in [1.807, 2.05) is 30.0 Å². The van der Waals surface area contributed by atoms with Gasteiger partial charge in [0, 0.05) is 38.8 Å². The molecule has 1 aromatic carbocycles. The quantitative estimate of drug-likeness (QED) is 0.815. The first-order valence-electron chi connectivity index (χ1n) is 8.00. The molecule has 0 N–H and O–H groups in total. The lowest BCUT2D eigenvalue weighted by molar-refractivity contribution is -0.127. The summed E-state index contributed by atoms with van der Waals surface area (Å²) in [6.45, 7) is 6.21. The van der Waals surface area contributed by atoms with E-state index < -0.39 is 0 Å². The fraction of sp³-hybridized carbons (Fsp3) is 0.316.